The van der Waals surface area contributed by atoms with Crippen LogP contribution in [0.4, 0.5) is 0 Å². The van der Waals surface area contributed by atoms with E-state index >= 15 is 0 Å². The third-order valence-corrected chi connectivity index (χ3v) is 5.95. The molecule has 2 N–H and O–H groups in total. The molecule has 0 saturated carbocycles. The molecule has 0 amide bonds. The molecule has 2 rings (SSSR count). The standard InChI is InChI=1S/C13H16BrNO4S/c14-12-5-10(13(16)17)1-2-11(12)7-15-6-9-3-4-20(18,19)8-9/h1-2,5,9,15H,3-4,6-8H2,(H,16,17). The Labute approximate surface area is 126 Å². The van der Waals surface area contributed by atoms with E-state index in [-0.39, 0.29) is 23.0 Å². The van der Waals surface area contributed by atoms with E-state index < -0.39 is 15.8 Å². The Morgan fingerprint density at radius 3 is 2.75 bits per heavy atom. The summed E-state index contributed by atoms with van der Waals surface area (Å²) in [5.74, 6) is -0.228. The van der Waals surface area contributed by atoms with E-state index in [4.69, 9.17) is 5.11 Å². The Kier molecular flexibility index (Phi) is 4.82. The predicted molar refractivity (Wildman–Crippen MR) is 79.6 cm³/mol. The van der Waals surface area contributed by atoms with Crippen molar-refractivity contribution in [2.75, 3.05) is 18.1 Å². The fourth-order valence-corrected chi connectivity index (χ4v) is 4.65. The molecule has 0 aromatic heterocycles. The summed E-state index contributed by atoms with van der Waals surface area (Å²) >= 11 is 3.35. The molecule has 1 heterocycles. The Morgan fingerprint density at radius 1 is 1.45 bits per heavy atom. The van der Waals surface area contributed by atoms with Gasteiger partial charge in [-0.1, -0.05) is 22.0 Å². The van der Waals surface area contributed by atoms with Crippen LogP contribution in [0, 0.1) is 5.92 Å². The average molecular weight is 362 g/mol. The average Bonchev–Trinajstić information content (AvgIpc) is 2.70. The van der Waals surface area contributed by atoms with Crippen molar-refractivity contribution in [1.82, 2.24) is 5.32 Å². The third-order valence-electron chi connectivity index (χ3n) is 3.38. The zero-order chi connectivity index (χ0) is 14.8. The van der Waals surface area contributed by atoms with Crippen molar-refractivity contribution < 1.29 is 18.3 Å². The van der Waals surface area contributed by atoms with E-state index in [1.807, 2.05) is 0 Å². The number of hydrogen-bond donors (Lipinski definition) is 2. The largest absolute Gasteiger partial charge is 0.478 e. The molecule has 0 spiro atoms. The summed E-state index contributed by atoms with van der Waals surface area (Å²) in [6.45, 7) is 1.24. The molecular formula is C13H16BrNO4S. The first kappa shape index (κ1) is 15.5. The fourth-order valence-electron chi connectivity index (χ4n) is 2.27. The number of carboxylic acids is 1. The van der Waals surface area contributed by atoms with Crippen LogP contribution in [0.25, 0.3) is 0 Å². The van der Waals surface area contributed by atoms with Gasteiger partial charge in [0.05, 0.1) is 17.1 Å². The number of halogens is 1. The van der Waals surface area contributed by atoms with Gasteiger partial charge in [-0.3, -0.25) is 0 Å². The second-order valence-corrected chi connectivity index (χ2v) is 8.09. The fraction of sp³-hybridized carbons (Fsp3) is 0.462. The molecule has 5 nitrogen and oxygen atoms in total. The second kappa shape index (κ2) is 6.24. The number of hydrogen-bond acceptors (Lipinski definition) is 4. The van der Waals surface area contributed by atoms with Crippen molar-refractivity contribution >= 4 is 31.7 Å². The quantitative estimate of drug-likeness (QED) is 0.833. The van der Waals surface area contributed by atoms with Crippen LogP contribution in [0.15, 0.2) is 22.7 Å². The van der Waals surface area contributed by atoms with Gasteiger partial charge in [-0.15, -0.1) is 0 Å². The molecular weight excluding hydrogens is 346 g/mol. The van der Waals surface area contributed by atoms with Crippen molar-refractivity contribution in [3.8, 4) is 0 Å². The maximum absolute atomic E-state index is 11.3. The van der Waals surface area contributed by atoms with Gasteiger partial charge >= 0.3 is 5.97 Å². The Bertz CT molecular complexity index is 615. The molecule has 1 aromatic carbocycles. The van der Waals surface area contributed by atoms with Gasteiger partial charge in [0, 0.05) is 11.0 Å². The lowest BCUT2D eigenvalue weighted by Crippen LogP contribution is -2.23. The Hall–Kier alpha value is -0.920. The molecule has 1 aromatic rings. The smallest absolute Gasteiger partial charge is 0.335 e. The molecule has 0 radical (unpaired) electrons. The van der Waals surface area contributed by atoms with E-state index in [9.17, 15) is 13.2 Å². The lowest BCUT2D eigenvalue weighted by Gasteiger charge is -2.11. The SMILES string of the molecule is O=C(O)c1ccc(CNCC2CCS(=O)(=O)C2)c(Br)c1. The summed E-state index contributed by atoms with van der Waals surface area (Å²) in [5, 5.41) is 12.1. The van der Waals surface area contributed by atoms with Gasteiger partial charge in [0.15, 0.2) is 9.84 Å². The topological polar surface area (TPSA) is 83.5 Å². The summed E-state index contributed by atoms with van der Waals surface area (Å²) in [6.07, 6.45) is 0.717. The molecule has 0 bridgehead atoms. The summed E-state index contributed by atoms with van der Waals surface area (Å²) in [6, 6.07) is 4.88. The van der Waals surface area contributed by atoms with Crippen LogP contribution < -0.4 is 5.32 Å². The van der Waals surface area contributed by atoms with E-state index in [0.29, 0.717) is 19.5 Å². The van der Waals surface area contributed by atoms with Gasteiger partial charge in [-0.2, -0.15) is 0 Å². The van der Waals surface area contributed by atoms with E-state index in [2.05, 4.69) is 21.2 Å². The van der Waals surface area contributed by atoms with Crippen LogP contribution in [0.2, 0.25) is 0 Å². The normalized spacial score (nSPS) is 20.9. The Morgan fingerprint density at radius 2 is 2.20 bits per heavy atom. The second-order valence-electron chi connectivity index (χ2n) is 5.01. The van der Waals surface area contributed by atoms with E-state index in [1.54, 1.807) is 18.2 Å². The van der Waals surface area contributed by atoms with Crippen LogP contribution in [-0.2, 0) is 16.4 Å². The number of aromatic carboxylic acids is 1. The zero-order valence-corrected chi connectivity index (χ0v) is 13.2. The first-order valence-electron chi connectivity index (χ1n) is 6.30. The molecule has 1 aliphatic heterocycles. The monoisotopic (exact) mass is 361 g/mol. The number of carboxylic acid groups (broad SMARTS) is 1. The van der Waals surface area contributed by atoms with Crippen LogP contribution in [0.1, 0.15) is 22.3 Å². The van der Waals surface area contributed by atoms with E-state index in [1.165, 1.54) is 0 Å². The highest BCUT2D eigenvalue weighted by molar-refractivity contribution is 9.10. The highest BCUT2D eigenvalue weighted by atomic mass is 79.9. The van der Waals surface area contributed by atoms with Crippen LogP contribution in [0.3, 0.4) is 0 Å². The van der Waals surface area contributed by atoms with Crippen LogP contribution in [-0.4, -0.2) is 37.5 Å². The molecule has 110 valence electrons. The maximum atomic E-state index is 11.3. The first-order valence-corrected chi connectivity index (χ1v) is 8.92. The van der Waals surface area contributed by atoms with Crippen LogP contribution >= 0.6 is 15.9 Å². The van der Waals surface area contributed by atoms with Gasteiger partial charge in [-0.25, -0.2) is 13.2 Å². The van der Waals surface area contributed by atoms with Gasteiger partial charge in [0.25, 0.3) is 0 Å². The number of nitrogens with one attached hydrogen (secondary N) is 1. The number of benzene rings is 1. The lowest BCUT2D eigenvalue weighted by atomic mass is 10.1. The van der Waals surface area contributed by atoms with Gasteiger partial charge in [-0.05, 0) is 36.6 Å². The predicted octanol–water partition coefficient (Wildman–Crippen LogP) is 1.67. The molecule has 20 heavy (non-hydrogen) atoms. The van der Waals surface area contributed by atoms with Gasteiger partial charge in [0.1, 0.15) is 0 Å². The molecule has 1 atom stereocenters. The molecule has 7 heteroatoms. The maximum Gasteiger partial charge on any atom is 0.335 e. The van der Waals surface area contributed by atoms with E-state index in [0.717, 1.165) is 10.0 Å². The highest BCUT2D eigenvalue weighted by Gasteiger charge is 2.27. The minimum absolute atomic E-state index is 0.178. The minimum Gasteiger partial charge on any atom is -0.478 e. The summed E-state index contributed by atoms with van der Waals surface area (Å²) in [5.41, 5.74) is 1.19. The molecule has 1 saturated heterocycles. The third kappa shape index (κ3) is 4.04. The molecule has 1 unspecified atom stereocenters. The summed E-state index contributed by atoms with van der Waals surface area (Å²) in [4.78, 5) is 10.8. The molecule has 1 aliphatic rings. The number of sulfone groups is 1. The van der Waals surface area contributed by atoms with Crippen molar-refractivity contribution in [1.29, 1.82) is 0 Å². The van der Waals surface area contributed by atoms with Crippen molar-refractivity contribution in [2.24, 2.45) is 5.92 Å². The van der Waals surface area contributed by atoms with Gasteiger partial charge in [0.2, 0.25) is 0 Å². The van der Waals surface area contributed by atoms with Crippen molar-refractivity contribution in [2.45, 2.75) is 13.0 Å². The summed E-state index contributed by atoms with van der Waals surface area (Å²) < 4.78 is 23.4. The molecule has 0 aliphatic carbocycles. The number of carbonyl (C=O) groups is 1. The van der Waals surface area contributed by atoms with Crippen LogP contribution in [0.5, 0.6) is 0 Å². The van der Waals surface area contributed by atoms with Gasteiger partial charge < -0.3 is 10.4 Å². The lowest BCUT2D eigenvalue weighted by molar-refractivity contribution is 0.0697. The summed E-state index contributed by atoms with van der Waals surface area (Å²) in [7, 11) is -2.83. The molecule has 1 fully saturated rings. The van der Waals surface area contributed by atoms with Crippen molar-refractivity contribution in [3.63, 3.8) is 0 Å². The van der Waals surface area contributed by atoms with Crippen molar-refractivity contribution in [3.05, 3.63) is 33.8 Å². The highest BCUT2D eigenvalue weighted by Crippen LogP contribution is 2.20. The zero-order valence-electron chi connectivity index (χ0n) is 10.8. The first-order chi connectivity index (χ1) is 9.37. The number of rotatable bonds is 5. The Balaban J connectivity index is 1.87. The minimum atomic E-state index is -2.83.